The summed E-state index contributed by atoms with van der Waals surface area (Å²) in [7, 11) is 0. The number of carbonyl (C=O) groups is 3. The number of alkyl carbamates (subject to hydrolysis) is 1. The van der Waals surface area contributed by atoms with Crippen LogP contribution in [-0.2, 0) is 16.0 Å². The second-order valence-corrected chi connectivity index (χ2v) is 15.7. The number of rotatable bonds is 12. The molecule has 1 aromatic heterocycles. The number of carbonyl (C=O) groups excluding carboxylic acids is 3. The number of H-pyrrole nitrogens is 2. The van der Waals surface area contributed by atoms with Crippen molar-refractivity contribution in [1.29, 1.82) is 0 Å². The zero-order chi connectivity index (χ0) is 38.4. The van der Waals surface area contributed by atoms with Crippen molar-refractivity contribution in [2.75, 3.05) is 11.9 Å². The van der Waals surface area contributed by atoms with Gasteiger partial charge in [0.2, 0.25) is 5.91 Å². The van der Waals surface area contributed by atoms with Gasteiger partial charge in [0.15, 0.2) is 0 Å². The predicted molar refractivity (Wildman–Crippen MR) is 208 cm³/mol. The van der Waals surface area contributed by atoms with Gasteiger partial charge in [0.25, 0.3) is 5.91 Å². The van der Waals surface area contributed by atoms with Gasteiger partial charge in [-0.2, -0.15) is 0 Å². The second-order valence-electron chi connectivity index (χ2n) is 15.3. The third-order valence-electron chi connectivity index (χ3n) is 9.42. The Morgan fingerprint density at radius 1 is 0.981 bits per heavy atom. The van der Waals surface area contributed by atoms with Gasteiger partial charge < -0.3 is 35.8 Å². The summed E-state index contributed by atoms with van der Waals surface area (Å²) in [5.74, 6) is -0.312. The van der Waals surface area contributed by atoms with E-state index in [1.807, 2.05) is 84.0 Å². The van der Waals surface area contributed by atoms with Crippen molar-refractivity contribution in [3.05, 3.63) is 86.8 Å². The van der Waals surface area contributed by atoms with Crippen LogP contribution in [0.4, 0.5) is 10.5 Å². The van der Waals surface area contributed by atoms with E-state index in [4.69, 9.17) is 16.3 Å². The Hall–Kier alpha value is -4.65. The van der Waals surface area contributed by atoms with Crippen LogP contribution in [0, 0.1) is 18.8 Å². The summed E-state index contributed by atoms with van der Waals surface area (Å²) >= 11 is 6.41. The molecule has 0 bridgehead atoms. The average Bonchev–Trinajstić information content (AvgIpc) is 3.47. The molecule has 1 aliphatic carbocycles. The van der Waals surface area contributed by atoms with Gasteiger partial charge in [-0.05, 0) is 132 Å². The molecule has 2 unspecified atom stereocenters. The first-order valence-corrected chi connectivity index (χ1v) is 18.6. The molecule has 12 nitrogen and oxygen atoms in total. The molecule has 2 atom stereocenters. The Morgan fingerprint density at radius 2 is 1.68 bits per heavy atom. The summed E-state index contributed by atoms with van der Waals surface area (Å²) in [5.41, 5.74) is 4.73. The molecule has 13 heteroatoms. The van der Waals surface area contributed by atoms with E-state index in [0.29, 0.717) is 28.8 Å². The van der Waals surface area contributed by atoms with Crippen LogP contribution in [0.5, 0.6) is 0 Å². The summed E-state index contributed by atoms with van der Waals surface area (Å²) in [6.07, 6.45) is 1.96. The number of ether oxygens (including phenoxy) is 1. The molecule has 1 heterocycles. The van der Waals surface area contributed by atoms with Gasteiger partial charge in [-0.25, -0.2) is 9.59 Å². The van der Waals surface area contributed by atoms with E-state index < -0.39 is 29.7 Å². The molecule has 1 aliphatic rings. The highest BCUT2D eigenvalue weighted by Gasteiger charge is 2.31. The Bertz CT molecular complexity index is 1970. The van der Waals surface area contributed by atoms with Gasteiger partial charge in [0.05, 0.1) is 22.1 Å². The SMILES string of the molecule is Cc1cc(C(=O)NC(C)C)ccc1-c1ccc(CC(NC(O)C2CCC(CNC(=O)OC(C)(C)C)CC2)C(=O)Nc2cc(Cl)c3[nH]c(=O)[nH]c3c2)cc1. The maximum absolute atomic E-state index is 13.9. The van der Waals surface area contributed by atoms with Gasteiger partial charge in [0, 0.05) is 23.8 Å². The highest BCUT2D eigenvalue weighted by molar-refractivity contribution is 6.35. The largest absolute Gasteiger partial charge is 0.444 e. The first-order chi connectivity index (χ1) is 25.0. The number of amides is 3. The minimum atomic E-state index is -0.953. The van der Waals surface area contributed by atoms with Crippen LogP contribution in [0.3, 0.4) is 0 Å². The van der Waals surface area contributed by atoms with Crippen molar-refractivity contribution >= 4 is 46.2 Å². The Balaban J connectivity index is 1.28. The third-order valence-corrected chi connectivity index (χ3v) is 9.72. The van der Waals surface area contributed by atoms with Crippen molar-refractivity contribution in [1.82, 2.24) is 25.9 Å². The van der Waals surface area contributed by atoms with Crippen LogP contribution in [-0.4, -0.2) is 63.4 Å². The number of anilines is 1. The molecule has 7 N–H and O–H groups in total. The number of aryl methyl sites for hydroxylation is 1. The number of fused-ring (bicyclic) bond motifs is 1. The number of hydrogen-bond acceptors (Lipinski definition) is 7. The number of aliphatic hydroxyl groups is 1. The number of hydrogen-bond donors (Lipinski definition) is 7. The minimum Gasteiger partial charge on any atom is -0.444 e. The maximum Gasteiger partial charge on any atom is 0.407 e. The van der Waals surface area contributed by atoms with Crippen LogP contribution in [0.2, 0.25) is 5.02 Å². The van der Waals surface area contributed by atoms with Crippen LogP contribution in [0.25, 0.3) is 22.2 Å². The Kier molecular flexibility index (Phi) is 12.7. The predicted octanol–water partition coefficient (Wildman–Crippen LogP) is 6.41. The Morgan fingerprint density at radius 3 is 2.32 bits per heavy atom. The number of aliphatic hydroxyl groups excluding tert-OH is 1. The monoisotopic (exact) mass is 746 g/mol. The number of imidazole rings is 1. The first kappa shape index (κ1) is 39.6. The molecule has 0 saturated heterocycles. The maximum atomic E-state index is 13.9. The fourth-order valence-corrected chi connectivity index (χ4v) is 7.02. The number of aromatic nitrogens is 2. The van der Waals surface area contributed by atoms with Crippen molar-refractivity contribution in [3.8, 4) is 11.1 Å². The van der Waals surface area contributed by atoms with Gasteiger partial charge in [-0.3, -0.25) is 14.9 Å². The summed E-state index contributed by atoms with van der Waals surface area (Å²) in [6.45, 7) is 11.8. The van der Waals surface area contributed by atoms with Crippen molar-refractivity contribution in [2.45, 2.75) is 97.6 Å². The number of benzene rings is 3. The van der Waals surface area contributed by atoms with Gasteiger partial charge in [-0.1, -0.05) is 41.9 Å². The standard InChI is InChI=1S/C40H51ClN6O6/c1-22(2)43-36(49)28-15-16-30(23(3)17-28)26-11-7-24(8-12-26)18-33(37(50)44-29-19-31(41)34-32(20-29)46-38(51)47-34)45-35(48)27-13-9-25(10-14-27)21-42-39(52)53-40(4,5)6/h7-8,11-12,15-17,19-20,22,25,27,33,35,45,48H,9-10,13-14,18,21H2,1-6H3,(H,42,52)(H,43,49)(H,44,50)(H2,46,47,51). The van der Waals surface area contributed by atoms with Gasteiger partial charge in [0.1, 0.15) is 11.8 Å². The fraction of sp³-hybridized carbons (Fsp3) is 0.450. The summed E-state index contributed by atoms with van der Waals surface area (Å²) in [6, 6.07) is 15.9. The number of aromatic amines is 2. The lowest BCUT2D eigenvalue weighted by molar-refractivity contribution is -0.119. The second kappa shape index (κ2) is 17.0. The van der Waals surface area contributed by atoms with Gasteiger partial charge in [-0.15, -0.1) is 0 Å². The van der Waals surface area contributed by atoms with Crippen LogP contribution in [0.1, 0.15) is 81.8 Å². The normalized spacial score (nSPS) is 17.3. The third kappa shape index (κ3) is 10.9. The molecule has 5 rings (SSSR count). The van der Waals surface area contributed by atoms with Crippen molar-refractivity contribution < 1.29 is 24.2 Å². The minimum absolute atomic E-state index is 0.0394. The lowest BCUT2D eigenvalue weighted by Gasteiger charge is -2.33. The van der Waals surface area contributed by atoms with E-state index in [2.05, 4.69) is 31.2 Å². The van der Waals surface area contributed by atoms with Crippen molar-refractivity contribution in [2.24, 2.45) is 11.8 Å². The molecule has 3 amide bonds. The van der Waals surface area contributed by atoms with E-state index in [1.54, 1.807) is 12.1 Å². The van der Waals surface area contributed by atoms with E-state index >= 15 is 0 Å². The van der Waals surface area contributed by atoms with Crippen LogP contribution in [0.15, 0.2) is 59.4 Å². The van der Waals surface area contributed by atoms with E-state index in [1.165, 1.54) is 0 Å². The molecule has 3 aromatic carbocycles. The summed E-state index contributed by atoms with van der Waals surface area (Å²) in [4.78, 5) is 55.7. The quantitative estimate of drug-likeness (QED) is 0.0819. The molecule has 1 saturated carbocycles. The van der Waals surface area contributed by atoms with Crippen LogP contribution >= 0.6 is 11.6 Å². The Labute approximate surface area is 314 Å². The highest BCUT2D eigenvalue weighted by Crippen LogP contribution is 2.31. The molecule has 0 radical (unpaired) electrons. The van der Waals surface area contributed by atoms with E-state index in [-0.39, 0.29) is 41.1 Å². The lowest BCUT2D eigenvalue weighted by Crippen LogP contribution is -2.50. The molecule has 1 fully saturated rings. The van der Waals surface area contributed by atoms with Crippen LogP contribution < -0.4 is 27.0 Å². The fourth-order valence-electron chi connectivity index (χ4n) is 6.75. The van der Waals surface area contributed by atoms with Crippen molar-refractivity contribution in [3.63, 3.8) is 0 Å². The summed E-state index contributed by atoms with van der Waals surface area (Å²) < 4.78 is 5.36. The van der Waals surface area contributed by atoms with E-state index in [0.717, 1.165) is 47.9 Å². The first-order valence-electron chi connectivity index (χ1n) is 18.2. The summed E-state index contributed by atoms with van der Waals surface area (Å²) in [5, 5.41) is 23.6. The highest BCUT2D eigenvalue weighted by atomic mass is 35.5. The molecular weight excluding hydrogens is 696 g/mol. The average molecular weight is 747 g/mol. The zero-order valence-corrected chi connectivity index (χ0v) is 31.9. The van der Waals surface area contributed by atoms with E-state index in [9.17, 15) is 24.3 Å². The topological polar surface area (TPSA) is 177 Å². The molecular formula is C40H51ClN6O6. The smallest absolute Gasteiger partial charge is 0.407 e. The number of nitrogens with one attached hydrogen (secondary N) is 6. The molecule has 0 aliphatic heterocycles. The van der Waals surface area contributed by atoms with Gasteiger partial charge >= 0.3 is 11.8 Å². The molecule has 0 spiro atoms. The zero-order valence-electron chi connectivity index (χ0n) is 31.2. The molecule has 53 heavy (non-hydrogen) atoms. The molecule has 284 valence electrons. The lowest BCUT2D eigenvalue weighted by atomic mass is 9.81. The number of halogens is 1. The molecule has 4 aromatic rings.